The summed E-state index contributed by atoms with van der Waals surface area (Å²) in [4.78, 5) is 11.9. The van der Waals surface area contributed by atoms with Gasteiger partial charge in [-0.1, -0.05) is 6.58 Å². The van der Waals surface area contributed by atoms with Crippen molar-refractivity contribution < 1.29 is 59.2 Å². The Morgan fingerprint density at radius 3 is 1.45 bits per heavy atom. The minimum atomic E-state index is -3.80. The van der Waals surface area contributed by atoms with E-state index in [1.165, 1.54) is 7.11 Å². The zero-order valence-corrected chi connectivity index (χ0v) is 31.5. The van der Waals surface area contributed by atoms with Crippen molar-refractivity contribution in [2.24, 2.45) is 0 Å². The average molecular weight is 679 g/mol. The van der Waals surface area contributed by atoms with Gasteiger partial charge in [0.25, 0.3) is 0 Å². The van der Waals surface area contributed by atoms with Crippen LogP contribution in [0.15, 0.2) is 12.2 Å². The monoisotopic (exact) mass is 678 g/mol. The van der Waals surface area contributed by atoms with Gasteiger partial charge in [0, 0.05) is 58.0 Å². The van der Waals surface area contributed by atoms with E-state index in [0.29, 0.717) is 12.0 Å². The molecule has 4 heterocycles. The van der Waals surface area contributed by atoms with Crippen molar-refractivity contribution in [3.63, 3.8) is 0 Å². The molecule has 4 aliphatic rings. The molecule has 0 spiro atoms. The van der Waals surface area contributed by atoms with Crippen molar-refractivity contribution in [3.8, 4) is 0 Å². The molecule has 22 heteroatoms. The Balaban J connectivity index is 1.82. The van der Waals surface area contributed by atoms with E-state index in [2.05, 4.69) is 6.58 Å². The third-order valence-electron chi connectivity index (χ3n) is 5.69. The second-order valence-electron chi connectivity index (χ2n) is 10.6. The van der Waals surface area contributed by atoms with E-state index in [9.17, 15) is 4.79 Å². The molecule has 0 aromatic rings. The van der Waals surface area contributed by atoms with Gasteiger partial charge in [0.2, 0.25) is 0 Å². The molecular formula is C16H38O14Si8. The third kappa shape index (κ3) is 6.91. The van der Waals surface area contributed by atoms with E-state index in [1.54, 1.807) is 46.2 Å². The smallest absolute Gasteiger partial charge is 0.462 e. The van der Waals surface area contributed by atoms with Crippen LogP contribution in [0.1, 0.15) is 13.3 Å². The molecule has 4 fully saturated rings. The predicted octanol–water partition coefficient (Wildman–Crippen LogP) is 2.43. The van der Waals surface area contributed by atoms with Crippen LogP contribution >= 0.6 is 0 Å². The summed E-state index contributed by atoms with van der Waals surface area (Å²) >= 11 is 0. The number of fused-ring (bicyclic) bond motifs is 4. The number of carbonyl (C=O) groups excluding carboxylic acids is 1. The Labute approximate surface area is 232 Å². The lowest BCUT2D eigenvalue weighted by molar-refractivity contribution is -0.139. The number of esters is 1. The van der Waals surface area contributed by atoms with Crippen molar-refractivity contribution in [3.05, 3.63) is 12.2 Å². The molecular weight excluding hydrogens is 641 g/mol. The second kappa shape index (κ2) is 10.0. The van der Waals surface area contributed by atoms with Gasteiger partial charge in [-0.25, -0.2) is 4.79 Å². The lowest BCUT2D eigenvalue weighted by Gasteiger charge is -2.58. The lowest BCUT2D eigenvalue weighted by Crippen LogP contribution is -2.83. The van der Waals surface area contributed by atoms with Gasteiger partial charge in [0.15, 0.2) is 0 Å². The van der Waals surface area contributed by atoms with E-state index >= 15 is 0 Å². The highest BCUT2D eigenvalue weighted by atomic mass is 28.6. The summed E-state index contributed by atoms with van der Waals surface area (Å²) in [7, 11) is -26.8. The van der Waals surface area contributed by atoms with E-state index in [4.69, 9.17) is 54.4 Å². The van der Waals surface area contributed by atoms with Crippen LogP contribution in [0, 0.1) is 0 Å². The average Bonchev–Trinajstić information content (AvgIpc) is 2.63. The summed E-state index contributed by atoms with van der Waals surface area (Å²) in [5, 5.41) is 0. The zero-order chi connectivity index (χ0) is 28.5. The minimum absolute atomic E-state index is 0.0892. The summed E-state index contributed by atoms with van der Waals surface area (Å²) in [6, 6.07) is 0.222. The molecule has 0 radical (unpaired) electrons. The van der Waals surface area contributed by atoms with Gasteiger partial charge in [0.1, 0.15) is 0 Å². The van der Waals surface area contributed by atoms with Crippen LogP contribution in [0.3, 0.4) is 0 Å². The molecule has 4 aliphatic heterocycles. The van der Waals surface area contributed by atoms with E-state index in [-0.39, 0.29) is 12.7 Å². The number of carbonyl (C=O) groups is 1. The van der Waals surface area contributed by atoms with E-state index in [1.807, 2.05) is 13.1 Å². The Morgan fingerprint density at radius 1 is 0.658 bits per heavy atom. The van der Waals surface area contributed by atoms with Crippen LogP contribution in [0.25, 0.3) is 0 Å². The molecule has 14 nitrogen and oxygen atoms in total. The zero-order valence-electron chi connectivity index (χ0n) is 23.5. The fourth-order valence-electron chi connectivity index (χ4n) is 4.99. The molecule has 6 bridgehead atoms. The quantitative estimate of drug-likeness (QED) is 0.176. The lowest BCUT2D eigenvalue weighted by atomic mass is 10.4. The summed E-state index contributed by atoms with van der Waals surface area (Å²) in [5.41, 5.74) is 0.305. The Morgan fingerprint density at radius 2 is 1.05 bits per heavy atom. The molecule has 4 rings (SSSR count). The van der Waals surface area contributed by atoms with Crippen LogP contribution in [-0.2, 0) is 59.2 Å². The standard InChI is InChI=1S/C16H38O14Si8/c1-15(2)16(17)19-13-12-14-38-28-35(9)22-32(6,18-3)23-36(10,29-38)25-34(8)21-31(4,5)20-33(7,24-35)26-37(11,27-34)30-38/h1,12-14H2,2-11H3. The first-order chi connectivity index (χ1) is 17.2. The maximum atomic E-state index is 11.9. The molecule has 0 aromatic heterocycles. The van der Waals surface area contributed by atoms with Crippen LogP contribution in [0.2, 0.25) is 58.4 Å². The molecule has 0 aromatic carbocycles. The summed E-state index contributed by atoms with van der Waals surface area (Å²) in [5.74, 6) is -0.486. The van der Waals surface area contributed by atoms with Gasteiger partial charge in [-0.05, 0) is 26.4 Å². The highest BCUT2D eigenvalue weighted by Crippen LogP contribution is 2.46. The van der Waals surface area contributed by atoms with Gasteiger partial charge >= 0.3 is 76.2 Å². The largest absolute Gasteiger partial charge is 0.482 e. The highest BCUT2D eigenvalue weighted by molar-refractivity contribution is 7.00. The van der Waals surface area contributed by atoms with Gasteiger partial charge in [-0.2, -0.15) is 0 Å². The fourth-order valence-corrected chi connectivity index (χ4v) is 48.4. The first-order valence-electron chi connectivity index (χ1n) is 12.3. The Hall–Kier alpha value is 0.465. The molecule has 0 N–H and O–H groups in total. The number of hydrogen-bond donors (Lipinski definition) is 0. The van der Waals surface area contributed by atoms with Crippen molar-refractivity contribution in [2.75, 3.05) is 13.7 Å². The SMILES string of the molecule is C=C(C)C(=O)OCCC[Si]12O[Si]3(C)O[Si](C)(OC)O[Si](C)(O[Si]4(C)O[Si](C)(C)O[Si](C)(O3)O[Si](C)(O4)O1)O2. The van der Waals surface area contributed by atoms with Gasteiger partial charge < -0.3 is 54.4 Å². The van der Waals surface area contributed by atoms with Crippen LogP contribution in [0.4, 0.5) is 0 Å². The molecule has 0 saturated carbocycles. The topological polar surface area (TPSA) is 137 Å². The molecule has 0 amide bonds. The number of ether oxygens (including phenoxy) is 1. The maximum Gasteiger partial charge on any atom is 0.482 e. The number of rotatable bonds is 6. The van der Waals surface area contributed by atoms with E-state index < -0.39 is 76.2 Å². The molecule has 4 saturated heterocycles. The Bertz CT molecular complexity index is 946. The number of hydrogen-bond acceptors (Lipinski definition) is 14. The van der Waals surface area contributed by atoms with Gasteiger partial charge in [0.05, 0.1) is 6.61 Å². The van der Waals surface area contributed by atoms with Gasteiger partial charge in [-0.15, -0.1) is 0 Å². The molecule has 0 aliphatic carbocycles. The molecule has 4 atom stereocenters. The minimum Gasteiger partial charge on any atom is -0.462 e. The predicted molar refractivity (Wildman–Crippen MR) is 147 cm³/mol. The summed E-state index contributed by atoms with van der Waals surface area (Å²) in [6.45, 7) is 19.4. The van der Waals surface area contributed by atoms with Crippen LogP contribution < -0.4 is 0 Å². The first-order valence-corrected chi connectivity index (χ1v) is 30.4. The normalized spacial score (nSPS) is 48.2. The molecule has 38 heavy (non-hydrogen) atoms. The molecule has 218 valence electrons. The van der Waals surface area contributed by atoms with Crippen molar-refractivity contribution in [1.29, 1.82) is 0 Å². The first kappa shape index (κ1) is 31.4. The fraction of sp³-hybridized carbons (Fsp3) is 0.812. The van der Waals surface area contributed by atoms with Crippen molar-refractivity contribution >= 4 is 76.2 Å². The van der Waals surface area contributed by atoms with Crippen molar-refractivity contribution in [1.82, 2.24) is 0 Å². The summed E-state index contributed by atoms with van der Waals surface area (Å²) < 4.78 is 84.0. The van der Waals surface area contributed by atoms with Gasteiger partial charge in [-0.3, -0.25) is 0 Å². The molecule has 4 unspecified atom stereocenters. The van der Waals surface area contributed by atoms with Crippen LogP contribution in [0.5, 0.6) is 0 Å². The Kier molecular flexibility index (Phi) is 8.29. The van der Waals surface area contributed by atoms with Crippen LogP contribution in [-0.4, -0.2) is 89.9 Å². The van der Waals surface area contributed by atoms with Crippen molar-refractivity contribution in [2.45, 2.75) is 71.8 Å². The third-order valence-corrected chi connectivity index (χ3v) is 40.3. The maximum absolute atomic E-state index is 11.9. The summed E-state index contributed by atoms with van der Waals surface area (Å²) in [6.07, 6.45) is 0.347. The van der Waals surface area contributed by atoms with E-state index in [0.717, 1.165) is 0 Å². The second-order valence-corrected chi connectivity index (χ2v) is 35.0. The highest BCUT2D eigenvalue weighted by Gasteiger charge is 2.75.